The lowest BCUT2D eigenvalue weighted by Gasteiger charge is -2.31. The summed E-state index contributed by atoms with van der Waals surface area (Å²) < 4.78 is 0. The van der Waals surface area contributed by atoms with Crippen molar-refractivity contribution >= 4 is 0 Å². The molecule has 18 heavy (non-hydrogen) atoms. The van der Waals surface area contributed by atoms with Gasteiger partial charge in [0.25, 0.3) is 0 Å². The van der Waals surface area contributed by atoms with Crippen LogP contribution in [-0.2, 0) is 6.42 Å². The van der Waals surface area contributed by atoms with E-state index in [0.29, 0.717) is 6.04 Å². The zero-order valence-electron chi connectivity index (χ0n) is 11.4. The number of aliphatic hydroxyl groups is 1. The Kier molecular flexibility index (Phi) is 5.21. The number of benzene rings is 1. The van der Waals surface area contributed by atoms with Gasteiger partial charge in [-0.15, -0.1) is 0 Å². The predicted molar refractivity (Wildman–Crippen MR) is 75.7 cm³/mol. The molecule has 0 radical (unpaired) electrons. The maximum atomic E-state index is 9.66. The Morgan fingerprint density at radius 2 is 1.78 bits per heavy atom. The van der Waals surface area contributed by atoms with Crippen molar-refractivity contribution in [1.29, 1.82) is 0 Å². The molecule has 1 aromatic rings. The largest absolute Gasteiger partial charge is 0.393 e. The van der Waals surface area contributed by atoms with Gasteiger partial charge in [-0.05, 0) is 57.7 Å². The van der Waals surface area contributed by atoms with Crippen LogP contribution in [-0.4, -0.2) is 35.2 Å². The molecule has 0 aromatic heterocycles. The van der Waals surface area contributed by atoms with Crippen LogP contribution in [0.25, 0.3) is 0 Å². The minimum atomic E-state index is -0.0587. The van der Waals surface area contributed by atoms with Crippen molar-refractivity contribution in [3.8, 4) is 0 Å². The first kappa shape index (κ1) is 13.6. The fraction of sp³-hybridized carbons (Fsp3) is 0.625. The molecule has 1 aliphatic heterocycles. The van der Waals surface area contributed by atoms with Crippen LogP contribution in [0.15, 0.2) is 30.3 Å². The van der Waals surface area contributed by atoms with Gasteiger partial charge >= 0.3 is 0 Å². The number of rotatable bonds is 3. The molecule has 2 rings (SSSR count). The van der Waals surface area contributed by atoms with Gasteiger partial charge < -0.3 is 10.0 Å². The first-order valence-corrected chi connectivity index (χ1v) is 7.22. The lowest BCUT2D eigenvalue weighted by molar-refractivity contribution is 0.107. The summed E-state index contributed by atoms with van der Waals surface area (Å²) in [5, 5.41) is 9.66. The topological polar surface area (TPSA) is 23.5 Å². The van der Waals surface area contributed by atoms with Crippen LogP contribution in [0.1, 0.15) is 38.2 Å². The summed E-state index contributed by atoms with van der Waals surface area (Å²) >= 11 is 0. The highest BCUT2D eigenvalue weighted by atomic mass is 16.3. The minimum Gasteiger partial charge on any atom is -0.393 e. The standard InChI is InChI=1S/C16H25NO/c1-14(13-15-7-3-2-4-8-15)17-11-5-9-16(18)10-6-12-17/h2-4,7-8,14,16,18H,5-6,9-13H2,1H3/t14-/m0/s1. The maximum Gasteiger partial charge on any atom is 0.0541 e. The molecular weight excluding hydrogens is 222 g/mol. The number of likely N-dealkylation sites (tertiary alicyclic amines) is 1. The van der Waals surface area contributed by atoms with Crippen LogP contribution in [0.4, 0.5) is 0 Å². The van der Waals surface area contributed by atoms with Gasteiger partial charge in [0.15, 0.2) is 0 Å². The Labute approximate surface area is 111 Å². The fourth-order valence-corrected chi connectivity index (χ4v) is 2.84. The average Bonchev–Trinajstić information content (AvgIpc) is 2.34. The molecule has 0 aliphatic carbocycles. The lowest BCUT2D eigenvalue weighted by Crippen LogP contribution is -2.38. The molecule has 1 aliphatic rings. The highest BCUT2D eigenvalue weighted by molar-refractivity contribution is 5.15. The quantitative estimate of drug-likeness (QED) is 0.888. The number of aliphatic hydroxyl groups excluding tert-OH is 1. The second kappa shape index (κ2) is 6.91. The van der Waals surface area contributed by atoms with Crippen LogP contribution in [0.3, 0.4) is 0 Å². The molecule has 0 unspecified atom stereocenters. The SMILES string of the molecule is C[C@@H](Cc1ccccc1)N1CCCC(O)CCC1. The van der Waals surface area contributed by atoms with E-state index in [4.69, 9.17) is 0 Å². The third-order valence-corrected chi connectivity index (χ3v) is 3.96. The van der Waals surface area contributed by atoms with Crippen LogP contribution >= 0.6 is 0 Å². The van der Waals surface area contributed by atoms with Gasteiger partial charge in [0.1, 0.15) is 0 Å². The van der Waals surface area contributed by atoms with Crippen LogP contribution in [0, 0.1) is 0 Å². The minimum absolute atomic E-state index is 0.0587. The molecule has 1 fully saturated rings. The Morgan fingerprint density at radius 3 is 2.39 bits per heavy atom. The zero-order valence-corrected chi connectivity index (χ0v) is 11.4. The predicted octanol–water partition coefficient (Wildman–Crippen LogP) is 2.85. The summed E-state index contributed by atoms with van der Waals surface area (Å²) in [5.41, 5.74) is 1.42. The van der Waals surface area contributed by atoms with E-state index in [0.717, 1.165) is 45.2 Å². The van der Waals surface area contributed by atoms with E-state index in [9.17, 15) is 5.11 Å². The number of nitrogens with zero attached hydrogens (tertiary/aromatic N) is 1. The van der Waals surface area contributed by atoms with Crippen molar-refractivity contribution < 1.29 is 5.11 Å². The Hall–Kier alpha value is -0.860. The molecule has 100 valence electrons. The molecule has 1 saturated heterocycles. The van der Waals surface area contributed by atoms with E-state index < -0.39 is 0 Å². The van der Waals surface area contributed by atoms with Gasteiger partial charge in [-0.3, -0.25) is 0 Å². The van der Waals surface area contributed by atoms with E-state index in [2.05, 4.69) is 42.2 Å². The van der Waals surface area contributed by atoms with Crippen molar-refractivity contribution in [2.45, 2.75) is 51.2 Å². The third kappa shape index (κ3) is 4.11. The summed E-state index contributed by atoms with van der Waals surface area (Å²) in [7, 11) is 0. The van der Waals surface area contributed by atoms with E-state index in [1.807, 2.05) is 0 Å². The Balaban J connectivity index is 1.86. The fourth-order valence-electron chi connectivity index (χ4n) is 2.84. The van der Waals surface area contributed by atoms with Gasteiger partial charge in [0.2, 0.25) is 0 Å². The second-order valence-corrected chi connectivity index (χ2v) is 5.51. The van der Waals surface area contributed by atoms with Crippen molar-refractivity contribution in [3.63, 3.8) is 0 Å². The number of hydrogen-bond donors (Lipinski definition) is 1. The van der Waals surface area contributed by atoms with E-state index in [-0.39, 0.29) is 6.10 Å². The summed E-state index contributed by atoms with van der Waals surface area (Å²) in [6.45, 7) is 4.58. The normalized spacial score (nSPS) is 21.2. The van der Waals surface area contributed by atoms with E-state index in [1.54, 1.807) is 0 Å². The maximum absolute atomic E-state index is 9.66. The monoisotopic (exact) mass is 247 g/mol. The molecule has 0 amide bonds. The van der Waals surface area contributed by atoms with Gasteiger partial charge in [0.05, 0.1) is 6.10 Å². The van der Waals surface area contributed by atoms with E-state index in [1.165, 1.54) is 5.56 Å². The average molecular weight is 247 g/mol. The summed E-state index contributed by atoms with van der Waals surface area (Å²) in [6.07, 6.45) is 5.25. The molecule has 1 atom stereocenters. The zero-order chi connectivity index (χ0) is 12.8. The van der Waals surface area contributed by atoms with Crippen molar-refractivity contribution in [3.05, 3.63) is 35.9 Å². The second-order valence-electron chi connectivity index (χ2n) is 5.51. The first-order valence-electron chi connectivity index (χ1n) is 7.22. The van der Waals surface area contributed by atoms with Gasteiger partial charge in [0, 0.05) is 6.04 Å². The van der Waals surface area contributed by atoms with Gasteiger partial charge in [-0.1, -0.05) is 30.3 Å². The van der Waals surface area contributed by atoms with Gasteiger partial charge in [-0.25, -0.2) is 0 Å². The highest BCUT2D eigenvalue weighted by Crippen LogP contribution is 2.15. The van der Waals surface area contributed by atoms with Crippen LogP contribution < -0.4 is 0 Å². The Morgan fingerprint density at radius 1 is 1.17 bits per heavy atom. The molecule has 1 heterocycles. The molecule has 1 aromatic carbocycles. The van der Waals surface area contributed by atoms with E-state index >= 15 is 0 Å². The van der Waals surface area contributed by atoms with Crippen molar-refractivity contribution in [1.82, 2.24) is 4.90 Å². The van der Waals surface area contributed by atoms with Crippen LogP contribution in [0.2, 0.25) is 0 Å². The number of hydrogen-bond acceptors (Lipinski definition) is 2. The summed E-state index contributed by atoms with van der Waals surface area (Å²) in [5.74, 6) is 0. The summed E-state index contributed by atoms with van der Waals surface area (Å²) in [4.78, 5) is 2.58. The smallest absolute Gasteiger partial charge is 0.0541 e. The molecule has 0 bridgehead atoms. The highest BCUT2D eigenvalue weighted by Gasteiger charge is 2.17. The van der Waals surface area contributed by atoms with Gasteiger partial charge in [-0.2, -0.15) is 0 Å². The molecule has 2 nitrogen and oxygen atoms in total. The lowest BCUT2D eigenvalue weighted by atomic mass is 10.0. The molecule has 1 N–H and O–H groups in total. The Bertz CT molecular complexity index is 328. The molecule has 0 saturated carbocycles. The van der Waals surface area contributed by atoms with Crippen LogP contribution in [0.5, 0.6) is 0 Å². The summed E-state index contributed by atoms with van der Waals surface area (Å²) in [6, 6.07) is 11.3. The first-order chi connectivity index (χ1) is 8.75. The van der Waals surface area contributed by atoms with Crippen molar-refractivity contribution in [2.75, 3.05) is 13.1 Å². The molecule has 0 spiro atoms. The third-order valence-electron chi connectivity index (χ3n) is 3.96. The molecular formula is C16H25NO. The molecule has 2 heteroatoms. The van der Waals surface area contributed by atoms with Crippen molar-refractivity contribution in [2.24, 2.45) is 0 Å².